The van der Waals surface area contributed by atoms with Crippen LogP contribution in [0.25, 0.3) is 55.2 Å². The first-order chi connectivity index (χ1) is 16.3. The normalized spacial score (nSPS) is 11.8. The SMILES string of the molecule is Cc1ccc2c(c1)c1ccccc1n2-c1cc(-n2c3ccccc3c3ccccc32)ncn1. The summed E-state index contributed by atoms with van der Waals surface area (Å²) in [6.45, 7) is 2.14. The van der Waals surface area contributed by atoms with Crippen molar-refractivity contribution in [3.63, 3.8) is 0 Å². The smallest absolute Gasteiger partial charge is 0.143 e. The fraction of sp³-hybridized carbons (Fsp3) is 0.0345. The molecule has 33 heavy (non-hydrogen) atoms. The molecule has 0 radical (unpaired) electrons. The van der Waals surface area contributed by atoms with Crippen LogP contribution in [0.4, 0.5) is 0 Å². The van der Waals surface area contributed by atoms with E-state index in [1.165, 1.54) is 27.1 Å². The Morgan fingerprint density at radius 3 is 1.48 bits per heavy atom. The lowest BCUT2D eigenvalue weighted by Crippen LogP contribution is -2.03. The molecule has 0 amide bonds. The van der Waals surface area contributed by atoms with Gasteiger partial charge < -0.3 is 0 Å². The van der Waals surface area contributed by atoms with E-state index in [4.69, 9.17) is 9.97 Å². The molecule has 156 valence electrons. The van der Waals surface area contributed by atoms with Crippen LogP contribution >= 0.6 is 0 Å². The molecular formula is C29H20N4. The Hall–Kier alpha value is -4.44. The number of nitrogens with zero attached hydrogens (tertiary/aromatic N) is 4. The highest BCUT2D eigenvalue weighted by molar-refractivity contribution is 6.10. The fourth-order valence-electron chi connectivity index (χ4n) is 5.08. The van der Waals surface area contributed by atoms with Gasteiger partial charge in [0.05, 0.1) is 22.1 Å². The number of aryl methyl sites for hydroxylation is 1. The monoisotopic (exact) mass is 424 g/mol. The molecule has 0 spiro atoms. The van der Waals surface area contributed by atoms with E-state index in [9.17, 15) is 0 Å². The van der Waals surface area contributed by atoms with Crippen LogP contribution in [0.3, 0.4) is 0 Å². The van der Waals surface area contributed by atoms with E-state index in [1.807, 2.05) is 0 Å². The van der Waals surface area contributed by atoms with Crippen LogP contribution in [0.1, 0.15) is 5.56 Å². The van der Waals surface area contributed by atoms with Crippen LogP contribution in [0.5, 0.6) is 0 Å². The van der Waals surface area contributed by atoms with Crippen molar-refractivity contribution in [1.29, 1.82) is 0 Å². The summed E-state index contributed by atoms with van der Waals surface area (Å²) in [6.07, 6.45) is 1.67. The first kappa shape index (κ1) is 18.2. The standard InChI is InChI=1S/C29H20N4/c1-19-14-15-27-23(16-19)22-10-4-7-13-26(22)33(27)29-17-28(30-18-31-29)32-24-11-5-2-8-20(24)21-9-3-6-12-25(21)32/h2-18H,1H3. The second kappa shape index (κ2) is 6.78. The Labute approximate surface area is 190 Å². The third-order valence-corrected chi connectivity index (χ3v) is 6.50. The molecule has 0 bridgehead atoms. The molecule has 0 saturated carbocycles. The van der Waals surface area contributed by atoms with Gasteiger partial charge in [0.1, 0.15) is 18.0 Å². The second-order valence-corrected chi connectivity index (χ2v) is 8.48. The molecule has 0 aliphatic carbocycles. The zero-order valence-electron chi connectivity index (χ0n) is 18.1. The summed E-state index contributed by atoms with van der Waals surface area (Å²) in [4.78, 5) is 9.42. The summed E-state index contributed by atoms with van der Waals surface area (Å²) in [5, 5.41) is 4.91. The molecule has 0 fully saturated rings. The number of benzene rings is 4. The molecule has 7 aromatic rings. The van der Waals surface area contributed by atoms with E-state index < -0.39 is 0 Å². The van der Waals surface area contributed by atoms with E-state index in [0.717, 1.165) is 33.7 Å². The van der Waals surface area contributed by atoms with Crippen molar-refractivity contribution in [2.75, 3.05) is 0 Å². The quantitative estimate of drug-likeness (QED) is 0.300. The van der Waals surface area contributed by atoms with Gasteiger partial charge in [0, 0.05) is 27.6 Å². The summed E-state index contributed by atoms with van der Waals surface area (Å²) in [7, 11) is 0. The number of hydrogen-bond donors (Lipinski definition) is 0. The molecule has 3 aromatic heterocycles. The molecule has 4 nitrogen and oxygen atoms in total. The first-order valence-corrected chi connectivity index (χ1v) is 11.1. The Bertz CT molecular complexity index is 1780. The third kappa shape index (κ3) is 2.58. The molecule has 0 unspecified atom stereocenters. The highest BCUT2D eigenvalue weighted by atomic mass is 15.1. The highest BCUT2D eigenvalue weighted by Crippen LogP contribution is 2.34. The van der Waals surface area contributed by atoms with Crippen LogP contribution in [-0.2, 0) is 0 Å². The van der Waals surface area contributed by atoms with Crippen molar-refractivity contribution in [2.24, 2.45) is 0 Å². The van der Waals surface area contributed by atoms with Crippen LogP contribution < -0.4 is 0 Å². The summed E-state index contributed by atoms with van der Waals surface area (Å²) < 4.78 is 4.47. The minimum atomic E-state index is 0.857. The number of rotatable bonds is 2. The first-order valence-electron chi connectivity index (χ1n) is 11.1. The van der Waals surface area contributed by atoms with E-state index in [-0.39, 0.29) is 0 Å². The largest absolute Gasteiger partial charge is 0.294 e. The molecule has 0 atom stereocenters. The maximum atomic E-state index is 4.71. The van der Waals surface area contributed by atoms with Crippen LogP contribution in [0.2, 0.25) is 0 Å². The van der Waals surface area contributed by atoms with Gasteiger partial charge in [-0.05, 0) is 37.3 Å². The van der Waals surface area contributed by atoms with Crippen molar-refractivity contribution in [3.8, 4) is 11.6 Å². The zero-order chi connectivity index (χ0) is 21.9. The Kier molecular flexibility index (Phi) is 3.73. The van der Waals surface area contributed by atoms with Gasteiger partial charge >= 0.3 is 0 Å². The molecule has 0 aliphatic rings. The van der Waals surface area contributed by atoms with Gasteiger partial charge in [-0.15, -0.1) is 0 Å². The Morgan fingerprint density at radius 2 is 0.939 bits per heavy atom. The Balaban J connectivity index is 1.55. The van der Waals surface area contributed by atoms with E-state index >= 15 is 0 Å². The van der Waals surface area contributed by atoms with Gasteiger partial charge in [-0.25, -0.2) is 9.97 Å². The van der Waals surface area contributed by atoms with Crippen molar-refractivity contribution < 1.29 is 0 Å². The van der Waals surface area contributed by atoms with Gasteiger partial charge in [0.2, 0.25) is 0 Å². The average molecular weight is 425 g/mol. The van der Waals surface area contributed by atoms with Crippen molar-refractivity contribution >= 4 is 43.6 Å². The molecule has 0 saturated heterocycles. The molecule has 0 aliphatic heterocycles. The zero-order valence-corrected chi connectivity index (χ0v) is 18.1. The molecule has 4 heteroatoms. The topological polar surface area (TPSA) is 35.6 Å². The summed E-state index contributed by atoms with van der Waals surface area (Å²) in [5.74, 6) is 1.72. The van der Waals surface area contributed by atoms with Crippen molar-refractivity contribution in [2.45, 2.75) is 6.92 Å². The van der Waals surface area contributed by atoms with Gasteiger partial charge in [0.15, 0.2) is 0 Å². The van der Waals surface area contributed by atoms with Crippen LogP contribution in [-0.4, -0.2) is 19.1 Å². The third-order valence-electron chi connectivity index (χ3n) is 6.50. The van der Waals surface area contributed by atoms with E-state index in [1.54, 1.807) is 6.33 Å². The van der Waals surface area contributed by atoms with Crippen LogP contribution in [0.15, 0.2) is 103 Å². The van der Waals surface area contributed by atoms with E-state index in [0.29, 0.717) is 0 Å². The van der Waals surface area contributed by atoms with Crippen LogP contribution in [0, 0.1) is 6.92 Å². The van der Waals surface area contributed by atoms with E-state index in [2.05, 4.69) is 113 Å². The number of hydrogen-bond acceptors (Lipinski definition) is 2. The number of fused-ring (bicyclic) bond motifs is 6. The van der Waals surface area contributed by atoms with Crippen molar-refractivity contribution in [3.05, 3.63) is 109 Å². The average Bonchev–Trinajstić information content (AvgIpc) is 3.37. The second-order valence-electron chi connectivity index (χ2n) is 8.48. The predicted octanol–water partition coefficient (Wildman–Crippen LogP) is 6.98. The summed E-state index contributed by atoms with van der Waals surface area (Å²) >= 11 is 0. The van der Waals surface area contributed by atoms with Crippen molar-refractivity contribution in [1.82, 2.24) is 19.1 Å². The minimum Gasteiger partial charge on any atom is -0.294 e. The Morgan fingerprint density at radius 1 is 0.485 bits per heavy atom. The molecular weight excluding hydrogens is 404 g/mol. The minimum absolute atomic E-state index is 0.857. The lowest BCUT2D eigenvalue weighted by Gasteiger charge is -2.11. The van der Waals surface area contributed by atoms with Gasteiger partial charge in [-0.2, -0.15) is 0 Å². The molecule has 3 heterocycles. The summed E-state index contributed by atoms with van der Waals surface area (Å²) in [6, 6.07) is 34.2. The lowest BCUT2D eigenvalue weighted by molar-refractivity contribution is 0.987. The van der Waals surface area contributed by atoms with Gasteiger partial charge in [0.25, 0.3) is 0 Å². The maximum Gasteiger partial charge on any atom is 0.143 e. The lowest BCUT2D eigenvalue weighted by atomic mass is 10.1. The summed E-state index contributed by atoms with van der Waals surface area (Å²) in [5.41, 5.74) is 5.82. The fourth-order valence-corrected chi connectivity index (χ4v) is 5.08. The highest BCUT2D eigenvalue weighted by Gasteiger charge is 2.16. The number of para-hydroxylation sites is 3. The van der Waals surface area contributed by atoms with Gasteiger partial charge in [-0.1, -0.05) is 66.2 Å². The number of aromatic nitrogens is 4. The molecule has 4 aromatic carbocycles. The predicted molar refractivity (Wildman–Crippen MR) is 135 cm³/mol. The van der Waals surface area contributed by atoms with Gasteiger partial charge in [-0.3, -0.25) is 9.13 Å². The molecule has 0 N–H and O–H groups in total. The maximum absolute atomic E-state index is 4.71. The molecule has 7 rings (SSSR count).